The first-order valence-electron chi connectivity index (χ1n) is 9.28. The summed E-state index contributed by atoms with van der Waals surface area (Å²) in [7, 11) is 0. The van der Waals surface area contributed by atoms with Gasteiger partial charge in [-0.2, -0.15) is 48.8 Å². The van der Waals surface area contributed by atoms with Gasteiger partial charge in [-0.25, -0.2) is 28.1 Å². The SMILES string of the molecule is CC(C)(CCn1c(=O)n(CCO)c(=O)n(CCCSCCS)c1=O)SCCS. The lowest BCUT2D eigenvalue weighted by atomic mass is 10.1. The molecule has 0 unspecified atom stereocenters. The molecule has 0 radical (unpaired) electrons. The standard InChI is InChI=1S/C17H31N3O4S4/c1-17(2,28-13-10-26)4-6-19-14(22)18(5-3-11-27-12-9-25)15(23)20(7-8-21)16(19)24/h21,25-26H,3-13H2,1-2H3. The van der Waals surface area contributed by atoms with Crippen molar-refractivity contribution in [3.8, 4) is 0 Å². The van der Waals surface area contributed by atoms with Crippen LogP contribution in [-0.2, 0) is 19.6 Å². The molecule has 1 aromatic rings. The molecule has 0 atom stereocenters. The zero-order valence-corrected chi connectivity index (χ0v) is 19.9. The molecule has 0 aromatic carbocycles. The third kappa shape index (κ3) is 7.89. The average Bonchev–Trinajstić information content (AvgIpc) is 2.65. The Balaban J connectivity index is 3.12. The molecule has 0 fully saturated rings. The normalized spacial score (nSPS) is 11.9. The Hall–Kier alpha value is -0.230. The molecule has 0 amide bonds. The van der Waals surface area contributed by atoms with E-state index in [1.807, 2.05) is 0 Å². The van der Waals surface area contributed by atoms with Crippen LogP contribution in [0.25, 0.3) is 0 Å². The van der Waals surface area contributed by atoms with Gasteiger partial charge in [0.05, 0.1) is 13.2 Å². The van der Waals surface area contributed by atoms with Crippen molar-refractivity contribution in [2.75, 3.05) is 35.4 Å². The lowest BCUT2D eigenvalue weighted by Crippen LogP contribution is -2.55. The first-order chi connectivity index (χ1) is 13.3. The largest absolute Gasteiger partial charge is 0.395 e. The maximum absolute atomic E-state index is 12.8. The number of aromatic nitrogens is 3. The van der Waals surface area contributed by atoms with Crippen molar-refractivity contribution in [2.24, 2.45) is 0 Å². The summed E-state index contributed by atoms with van der Waals surface area (Å²) in [6, 6.07) is 0. The van der Waals surface area contributed by atoms with E-state index >= 15 is 0 Å². The van der Waals surface area contributed by atoms with Gasteiger partial charge in [0.25, 0.3) is 0 Å². The summed E-state index contributed by atoms with van der Waals surface area (Å²) in [6.07, 6.45) is 1.25. The highest BCUT2D eigenvalue weighted by atomic mass is 32.2. The van der Waals surface area contributed by atoms with Crippen molar-refractivity contribution in [3.63, 3.8) is 0 Å². The molecule has 1 aromatic heterocycles. The van der Waals surface area contributed by atoms with Gasteiger partial charge >= 0.3 is 17.1 Å². The van der Waals surface area contributed by atoms with Crippen molar-refractivity contribution in [2.45, 2.75) is 51.1 Å². The van der Waals surface area contributed by atoms with Gasteiger partial charge < -0.3 is 5.11 Å². The number of hydrogen-bond donors (Lipinski definition) is 3. The fourth-order valence-corrected chi connectivity index (χ4v) is 4.83. The maximum atomic E-state index is 12.8. The minimum absolute atomic E-state index is 0.121. The van der Waals surface area contributed by atoms with Crippen LogP contribution in [0.1, 0.15) is 26.7 Å². The van der Waals surface area contributed by atoms with Crippen LogP contribution in [0.5, 0.6) is 0 Å². The minimum atomic E-state index is -0.653. The van der Waals surface area contributed by atoms with Crippen molar-refractivity contribution in [1.82, 2.24) is 13.7 Å². The Morgan fingerprint density at radius 2 is 1.39 bits per heavy atom. The summed E-state index contributed by atoms with van der Waals surface area (Å²) in [4.78, 5) is 38.1. The monoisotopic (exact) mass is 469 g/mol. The van der Waals surface area contributed by atoms with Gasteiger partial charge in [-0.1, -0.05) is 13.8 Å². The number of thioether (sulfide) groups is 2. The van der Waals surface area contributed by atoms with Gasteiger partial charge in [0.2, 0.25) is 0 Å². The predicted molar refractivity (Wildman–Crippen MR) is 127 cm³/mol. The summed E-state index contributed by atoms with van der Waals surface area (Å²) >= 11 is 11.8. The second-order valence-electron chi connectivity index (χ2n) is 6.80. The Morgan fingerprint density at radius 1 is 0.857 bits per heavy atom. The number of aliphatic hydroxyl groups excluding tert-OH is 1. The quantitative estimate of drug-likeness (QED) is 0.279. The molecule has 11 heteroatoms. The molecule has 1 rings (SSSR count). The van der Waals surface area contributed by atoms with Gasteiger partial charge in [-0.3, -0.25) is 0 Å². The third-order valence-corrected chi connectivity index (χ3v) is 7.65. The lowest BCUT2D eigenvalue weighted by Gasteiger charge is -2.24. The fourth-order valence-electron chi connectivity index (χ4n) is 2.62. The van der Waals surface area contributed by atoms with Crippen LogP contribution in [0.4, 0.5) is 0 Å². The molecule has 0 aliphatic heterocycles. The van der Waals surface area contributed by atoms with E-state index in [1.165, 1.54) is 0 Å². The maximum Gasteiger partial charge on any atom is 0.336 e. The van der Waals surface area contributed by atoms with Crippen molar-refractivity contribution >= 4 is 48.8 Å². The van der Waals surface area contributed by atoms with Gasteiger partial charge in [-0.15, -0.1) is 0 Å². The summed E-state index contributed by atoms with van der Waals surface area (Å²) < 4.78 is 3.07. The van der Waals surface area contributed by atoms with E-state index in [0.29, 0.717) is 12.8 Å². The van der Waals surface area contributed by atoms with E-state index in [0.717, 1.165) is 42.5 Å². The molecule has 1 heterocycles. The van der Waals surface area contributed by atoms with Crippen LogP contribution >= 0.6 is 48.8 Å². The van der Waals surface area contributed by atoms with Gasteiger partial charge in [0.1, 0.15) is 0 Å². The van der Waals surface area contributed by atoms with Gasteiger partial charge in [0.15, 0.2) is 0 Å². The number of nitrogens with zero attached hydrogens (tertiary/aromatic N) is 3. The smallest absolute Gasteiger partial charge is 0.336 e. The third-order valence-electron chi connectivity index (χ3n) is 4.14. The van der Waals surface area contributed by atoms with E-state index in [1.54, 1.807) is 23.5 Å². The molecule has 0 spiro atoms. The summed E-state index contributed by atoms with van der Waals surface area (Å²) in [6.45, 7) is 4.14. The van der Waals surface area contributed by atoms with Crippen LogP contribution < -0.4 is 17.1 Å². The molecule has 162 valence electrons. The second kappa shape index (κ2) is 13.1. The highest BCUT2D eigenvalue weighted by Gasteiger charge is 2.21. The molecule has 28 heavy (non-hydrogen) atoms. The fraction of sp³-hybridized carbons (Fsp3) is 0.824. The lowest BCUT2D eigenvalue weighted by molar-refractivity contribution is 0.264. The van der Waals surface area contributed by atoms with E-state index in [4.69, 9.17) is 0 Å². The van der Waals surface area contributed by atoms with E-state index < -0.39 is 17.1 Å². The summed E-state index contributed by atoms with van der Waals surface area (Å²) in [5.74, 6) is 4.13. The summed E-state index contributed by atoms with van der Waals surface area (Å²) in [5.41, 5.74) is -1.87. The van der Waals surface area contributed by atoms with E-state index in [-0.39, 0.29) is 31.0 Å². The van der Waals surface area contributed by atoms with Crippen LogP contribution in [-0.4, -0.2) is 58.9 Å². The van der Waals surface area contributed by atoms with Crippen LogP contribution in [0.15, 0.2) is 14.4 Å². The summed E-state index contributed by atoms with van der Waals surface area (Å²) in [5, 5.41) is 9.23. The molecule has 0 aliphatic carbocycles. The van der Waals surface area contributed by atoms with Crippen LogP contribution in [0.3, 0.4) is 0 Å². The zero-order chi connectivity index (χ0) is 21.2. The second-order valence-corrected chi connectivity index (χ2v) is 10.7. The molecular formula is C17H31N3O4S4. The first kappa shape index (κ1) is 25.8. The Labute approximate surface area is 185 Å². The van der Waals surface area contributed by atoms with Gasteiger partial charge in [0, 0.05) is 29.3 Å². The van der Waals surface area contributed by atoms with Crippen LogP contribution in [0, 0.1) is 0 Å². The minimum Gasteiger partial charge on any atom is -0.395 e. The molecular weight excluding hydrogens is 438 g/mol. The molecule has 0 saturated carbocycles. The Morgan fingerprint density at radius 3 is 1.93 bits per heavy atom. The average molecular weight is 470 g/mol. The van der Waals surface area contributed by atoms with Gasteiger partial charge in [-0.05, 0) is 30.1 Å². The van der Waals surface area contributed by atoms with E-state index in [2.05, 4.69) is 39.1 Å². The molecule has 0 saturated heterocycles. The first-order valence-corrected chi connectivity index (χ1v) is 12.7. The molecule has 0 bridgehead atoms. The Bertz CT molecular complexity index is 773. The van der Waals surface area contributed by atoms with Crippen molar-refractivity contribution in [3.05, 3.63) is 31.5 Å². The number of rotatable bonds is 14. The van der Waals surface area contributed by atoms with E-state index in [9.17, 15) is 19.5 Å². The zero-order valence-electron chi connectivity index (χ0n) is 16.5. The number of thiol groups is 2. The predicted octanol–water partition coefficient (Wildman–Crippen LogP) is 1.05. The van der Waals surface area contributed by atoms with Crippen LogP contribution in [0.2, 0.25) is 0 Å². The van der Waals surface area contributed by atoms with Crippen molar-refractivity contribution < 1.29 is 5.11 Å². The Kier molecular flexibility index (Phi) is 12.1. The van der Waals surface area contributed by atoms with Crippen molar-refractivity contribution in [1.29, 1.82) is 0 Å². The number of hydrogen-bond acceptors (Lipinski definition) is 8. The highest BCUT2D eigenvalue weighted by molar-refractivity contribution is 8.01. The topological polar surface area (TPSA) is 86.2 Å². The molecule has 0 aliphatic rings. The number of aliphatic hydroxyl groups is 1. The molecule has 7 nitrogen and oxygen atoms in total. The molecule has 1 N–H and O–H groups in total. The highest BCUT2D eigenvalue weighted by Crippen LogP contribution is 2.28.